The molecule has 0 aromatic heterocycles. The van der Waals surface area contributed by atoms with Gasteiger partial charge < -0.3 is 21.7 Å². The zero-order valence-electron chi connectivity index (χ0n) is 14.3. The van der Waals surface area contributed by atoms with E-state index in [1.165, 1.54) is 0 Å². The number of hydrogen-bond acceptors (Lipinski definition) is 4. The number of hydrogen-bond donors (Lipinski definition) is 4. The number of halogens is 9. The van der Waals surface area contributed by atoms with E-state index in [0.717, 1.165) is 0 Å². The average molecular weight is 436 g/mol. The number of nitrogen functional groups attached to an aromatic ring is 2. The normalized spacial score (nSPS) is 16.1. The van der Waals surface area contributed by atoms with E-state index >= 15 is 0 Å². The van der Waals surface area contributed by atoms with Gasteiger partial charge in [-0.2, -0.15) is 39.5 Å². The van der Waals surface area contributed by atoms with Gasteiger partial charge in [0.2, 0.25) is 0 Å². The van der Waals surface area contributed by atoms with Crippen LogP contribution in [0.4, 0.5) is 50.9 Å². The van der Waals surface area contributed by atoms with Gasteiger partial charge in [0, 0.05) is 33.3 Å². The highest BCUT2D eigenvalue weighted by atomic mass is 19.4. The molecule has 13 heteroatoms. The summed E-state index contributed by atoms with van der Waals surface area (Å²) in [5.41, 5.74) is -2.40. The number of fused-ring (bicyclic) bond motifs is 1. The van der Waals surface area contributed by atoms with Crippen LogP contribution < -0.4 is 11.5 Å². The first-order valence-electron chi connectivity index (χ1n) is 7.55. The summed E-state index contributed by atoms with van der Waals surface area (Å²) in [7, 11) is 0. The summed E-state index contributed by atoms with van der Waals surface area (Å²) < 4.78 is 118. The number of aliphatic hydroxyl groups is 2. The highest BCUT2D eigenvalue weighted by Crippen LogP contribution is 2.53. The van der Waals surface area contributed by atoms with Gasteiger partial charge in [-0.3, -0.25) is 0 Å². The van der Waals surface area contributed by atoms with Crippen molar-refractivity contribution in [2.75, 3.05) is 11.5 Å². The smallest absolute Gasteiger partial charge is 0.398 e. The van der Waals surface area contributed by atoms with E-state index in [4.69, 9.17) is 11.5 Å². The van der Waals surface area contributed by atoms with Gasteiger partial charge in [0.25, 0.3) is 5.60 Å². The minimum atomic E-state index is -6.21. The molecule has 0 saturated carbocycles. The van der Waals surface area contributed by atoms with E-state index in [1.807, 2.05) is 0 Å². The van der Waals surface area contributed by atoms with Gasteiger partial charge in [0.05, 0.1) is 0 Å². The third-order valence-electron chi connectivity index (χ3n) is 4.57. The zero-order valence-corrected chi connectivity index (χ0v) is 14.3. The maximum absolute atomic E-state index is 13.1. The van der Waals surface area contributed by atoms with Gasteiger partial charge in [-0.25, -0.2) is 0 Å². The van der Waals surface area contributed by atoms with Gasteiger partial charge in [0.15, 0.2) is 5.60 Å². The van der Waals surface area contributed by atoms with Crippen molar-refractivity contribution in [1.29, 1.82) is 0 Å². The molecule has 0 amide bonds. The predicted molar refractivity (Wildman–Crippen MR) is 84.4 cm³/mol. The van der Waals surface area contributed by atoms with Gasteiger partial charge >= 0.3 is 18.5 Å². The lowest BCUT2D eigenvalue weighted by Crippen LogP contribution is -2.54. The van der Waals surface area contributed by atoms with Gasteiger partial charge in [-0.05, 0) is 6.92 Å². The molecule has 0 aliphatic rings. The molecule has 0 aliphatic carbocycles. The van der Waals surface area contributed by atoms with Crippen LogP contribution in [-0.2, 0) is 11.2 Å². The van der Waals surface area contributed by atoms with Crippen molar-refractivity contribution < 1.29 is 49.7 Å². The van der Waals surface area contributed by atoms with E-state index < -0.39 is 63.0 Å². The highest BCUT2D eigenvalue weighted by molar-refractivity contribution is 6.02. The molecule has 29 heavy (non-hydrogen) atoms. The highest BCUT2D eigenvalue weighted by Gasteiger charge is 2.72. The van der Waals surface area contributed by atoms with E-state index in [9.17, 15) is 49.7 Å². The standard InChI is InChI=1S/C16H13F9N2O2/c1-12(28,14(17,18)19)8-4-2-7-6(10(8)26)3-5-9(11(7)27)13(29,15(20,21)22)16(23,24)25/h2-5,28-29H,26-27H2,1H3. The summed E-state index contributed by atoms with van der Waals surface area (Å²) in [4.78, 5) is 0. The van der Waals surface area contributed by atoms with E-state index in [-0.39, 0.29) is 6.07 Å². The summed E-state index contributed by atoms with van der Waals surface area (Å²) in [6, 6.07) is 1.97. The van der Waals surface area contributed by atoms with Crippen LogP contribution in [0.3, 0.4) is 0 Å². The van der Waals surface area contributed by atoms with Crippen LogP contribution in [0.15, 0.2) is 24.3 Å². The van der Waals surface area contributed by atoms with Crippen molar-refractivity contribution in [3.05, 3.63) is 35.4 Å². The van der Waals surface area contributed by atoms with Crippen LogP contribution >= 0.6 is 0 Å². The quantitative estimate of drug-likeness (QED) is 0.422. The summed E-state index contributed by atoms with van der Waals surface area (Å²) in [6.45, 7) is 0.369. The van der Waals surface area contributed by atoms with Crippen molar-refractivity contribution in [2.45, 2.75) is 36.7 Å². The fourth-order valence-electron chi connectivity index (χ4n) is 2.81. The summed E-state index contributed by atoms with van der Waals surface area (Å²) in [6.07, 6.45) is -17.6. The largest absolute Gasteiger partial charge is 0.430 e. The van der Waals surface area contributed by atoms with Crippen molar-refractivity contribution >= 4 is 22.1 Å². The van der Waals surface area contributed by atoms with Crippen LogP contribution in [0.5, 0.6) is 0 Å². The van der Waals surface area contributed by atoms with Crippen LogP contribution in [0.1, 0.15) is 18.1 Å². The monoisotopic (exact) mass is 436 g/mol. The van der Waals surface area contributed by atoms with Gasteiger partial charge in [0.1, 0.15) is 0 Å². The molecule has 1 atom stereocenters. The second-order valence-electron chi connectivity index (χ2n) is 6.42. The minimum absolute atomic E-state index is 0.168. The molecule has 0 radical (unpaired) electrons. The molecule has 0 saturated heterocycles. The molecule has 162 valence electrons. The fraction of sp³-hybridized carbons (Fsp3) is 0.375. The van der Waals surface area contributed by atoms with Crippen LogP contribution in [0.2, 0.25) is 0 Å². The molecule has 2 aromatic carbocycles. The van der Waals surface area contributed by atoms with Crippen molar-refractivity contribution in [3.63, 3.8) is 0 Å². The van der Waals surface area contributed by atoms with E-state index in [2.05, 4.69) is 0 Å². The Morgan fingerprint density at radius 3 is 1.31 bits per heavy atom. The summed E-state index contributed by atoms with van der Waals surface area (Å²) >= 11 is 0. The third-order valence-corrected chi connectivity index (χ3v) is 4.57. The first-order chi connectivity index (χ1) is 12.8. The topological polar surface area (TPSA) is 92.5 Å². The molecule has 6 N–H and O–H groups in total. The molecule has 0 fully saturated rings. The SMILES string of the molecule is CC(O)(c1ccc2c(N)c(C(O)(C(F)(F)F)C(F)(F)F)ccc2c1N)C(F)(F)F. The lowest BCUT2D eigenvalue weighted by Gasteiger charge is -2.34. The van der Waals surface area contributed by atoms with Crippen LogP contribution in [0, 0.1) is 0 Å². The lowest BCUT2D eigenvalue weighted by atomic mass is 9.86. The van der Waals surface area contributed by atoms with Gasteiger partial charge in [-0.15, -0.1) is 0 Å². The lowest BCUT2D eigenvalue weighted by molar-refractivity contribution is -0.375. The molecule has 0 heterocycles. The Bertz CT molecular complexity index is 933. The third kappa shape index (κ3) is 3.21. The summed E-state index contributed by atoms with van der Waals surface area (Å²) in [5, 5.41) is 18.2. The molecule has 2 aromatic rings. The Morgan fingerprint density at radius 1 is 0.621 bits per heavy atom. The first-order valence-corrected chi connectivity index (χ1v) is 7.55. The van der Waals surface area contributed by atoms with Crippen molar-refractivity contribution in [2.24, 2.45) is 0 Å². The molecule has 0 spiro atoms. The molecule has 2 rings (SSSR count). The molecular weight excluding hydrogens is 423 g/mol. The number of benzene rings is 2. The Hall–Kier alpha value is -2.41. The molecule has 0 aliphatic heterocycles. The second kappa shape index (κ2) is 6.29. The first kappa shape index (κ1) is 22.9. The minimum Gasteiger partial charge on any atom is -0.398 e. The Morgan fingerprint density at radius 2 is 0.966 bits per heavy atom. The zero-order chi connectivity index (χ0) is 22.8. The molecule has 0 bridgehead atoms. The van der Waals surface area contributed by atoms with Crippen LogP contribution in [-0.4, -0.2) is 28.7 Å². The molecule has 4 nitrogen and oxygen atoms in total. The maximum Gasteiger partial charge on any atom is 0.430 e. The van der Waals surface area contributed by atoms with Crippen LogP contribution in [0.25, 0.3) is 10.8 Å². The van der Waals surface area contributed by atoms with Gasteiger partial charge in [-0.1, -0.05) is 24.3 Å². The molecule has 1 unspecified atom stereocenters. The number of alkyl halides is 9. The summed E-state index contributed by atoms with van der Waals surface area (Å²) in [5.74, 6) is 0. The number of anilines is 2. The Kier molecular flexibility index (Phi) is 4.96. The van der Waals surface area contributed by atoms with Crippen molar-refractivity contribution in [3.8, 4) is 0 Å². The maximum atomic E-state index is 13.1. The predicted octanol–water partition coefficient (Wildman–Crippen LogP) is 4.09. The second-order valence-corrected chi connectivity index (χ2v) is 6.42. The Balaban J connectivity index is 2.85. The van der Waals surface area contributed by atoms with Crippen molar-refractivity contribution in [1.82, 2.24) is 0 Å². The number of rotatable bonds is 2. The molecular formula is C16H13F9N2O2. The number of nitrogens with two attached hydrogens (primary N) is 2. The fourth-order valence-corrected chi connectivity index (χ4v) is 2.81. The Labute approximate surface area is 156 Å². The van der Waals surface area contributed by atoms with E-state index in [1.54, 1.807) is 0 Å². The van der Waals surface area contributed by atoms with E-state index in [0.29, 0.717) is 25.1 Å². The average Bonchev–Trinajstić information content (AvgIpc) is 2.51.